The molecule has 1 atom stereocenters. The third kappa shape index (κ3) is 2.04. The highest BCUT2D eigenvalue weighted by atomic mass is 16.5. The highest BCUT2D eigenvalue weighted by Crippen LogP contribution is 2.16. The van der Waals surface area contributed by atoms with Crippen LogP contribution in [0.1, 0.15) is 13.3 Å². The van der Waals surface area contributed by atoms with Gasteiger partial charge in [-0.25, -0.2) is 9.59 Å². The molecule has 1 N–H and O–H groups in total. The fourth-order valence-corrected chi connectivity index (χ4v) is 1.38. The molecular weight excluding hydrogens is 186 g/mol. The van der Waals surface area contributed by atoms with Crippen molar-refractivity contribution in [3.05, 3.63) is 11.6 Å². The van der Waals surface area contributed by atoms with Crippen molar-refractivity contribution in [1.29, 1.82) is 0 Å². The molecule has 0 saturated carbocycles. The van der Waals surface area contributed by atoms with Crippen LogP contribution in [0.3, 0.4) is 0 Å². The maximum absolute atomic E-state index is 11.1. The highest BCUT2D eigenvalue weighted by molar-refractivity contribution is 5.89. The molecule has 0 fully saturated rings. The Hall–Kier alpha value is -1.52. The van der Waals surface area contributed by atoms with Gasteiger partial charge in [0.1, 0.15) is 0 Å². The van der Waals surface area contributed by atoms with Crippen LogP contribution in [0.2, 0.25) is 0 Å². The molecule has 0 saturated heterocycles. The summed E-state index contributed by atoms with van der Waals surface area (Å²) < 4.78 is 4.53. The molecular formula is C9H13NO4. The molecule has 1 rings (SSSR count). The first-order valence-corrected chi connectivity index (χ1v) is 4.33. The molecule has 78 valence electrons. The second-order valence-electron chi connectivity index (χ2n) is 3.22. The lowest BCUT2D eigenvalue weighted by molar-refractivity contribution is -0.136. The number of carboxylic acid groups (broad SMARTS) is 1. The van der Waals surface area contributed by atoms with Gasteiger partial charge in [0.25, 0.3) is 0 Å². The Bertz CT molecular complexity index is 285. The molecule has 5 heteroatoms. The number of esters is 1. The van der Waals surface area contributed by atoms with Crippen molar-refractivity contribution in [2.75, 3.05) is 13.7 Å². The van der Waals surface area contributed by atoms with Gasteiger partial charge in [-0.15, -0.1) is 0 Å². The number of ether oxygens (including phenoxy) is 1. The molecule has 5 nitrogen and oxygen atoms in total. The molecule has 1 amide bonds. The smallest absolute Gasteiger partial charge is 0.407 e. The summed E-state index contributed by atoms with van der Waals surface area (Å²) in [4.78, 5) is 23.1. The van der Waals surface area contributed by atoms with E-state index in [1.54, 1.807) is 13.0 Å². The summed E-state index contributed by atoms with van der Waals surface area (Å²) in [7, 11) is 1.28. The Balaban J connectivity index is 2.76. The number of nitrogens with zero attached hydrogens (tertiary/aromatic N) is 1. The van der Waals surface area contributed by atoms with Crippen LogP contribution in [0.15, 0.2) is 11.6 Å². The summed E-state index contributed by atoms with van der Waals surface area (Å²) in [5, 5.41) is 8.83. The van der Waals surface area contributed by atoms with Crippen LogP contribution in [0, 0.1) is 0 Å². The number of carbonyl (C=O) groups is 2. The SMILES string of the molecule is COC(=O)C1=CC[C@H](C)N(C(=O)O)C1. The highest BCUT2D eigenvalue weighted by Gasteiger charge is 2.26. The first-order chi connectivity index (χ1) is 6.56. The third-order valence-corrected chi connectivity index (χ3v) is 2.27. The second-order valence-corrected chi connectivity index (χ2v) is 3.22. The van der Waals surface area contributed by atoms with Crippen LogP contribution in [0.4, 0.5) is 4.79 Å². The van der Waals surface area contributed by atoms with E-state index in [2.05, 4.69) is 4.74 Å². The van der Waals surface area contributed by atoms with Crippen LogP contribution in [0.25, 0.3) is 0 Å². The average Bonchev–Trinajstić information content (AvgIpc) is 2.17. The monoisotopic (exact) mass is 199 g/mol. The Kier molecular flexibility index (Phi) is 3.11. The number of carbonyl (C=O) groups excluding carboxylic acids is 1. The fourth-order valence-electron chi connectivity index (χ4n) is 1.38. The Morgan fingerprint density at radius 2 is 2.29 bits per heavy atom. The van der Waals surface area contributed by atoms with Gasteiger partial charge in [-0.05, 0) is 13.3 Å². The maximum Gasteiger partial charge on any atom is 0.407 e. The van der Waals surface area contributed by atoms with E-state index >= 15 is 0 Å². The van der Waals surface area contributed by atoms with Gasteiger partial charge in [-0.2, -0.15) is 0 Å². The van der Waals surface area contributed by atoms with Gasteiger partial charge in [0, 0.05) is 6.04 Å². The van der Waals surface area contributed by atoms with E-state index in [1.807, 2.05) is 0 Å². The van der Waals surface area contributed by atoms with Crippen LogP contribution in [0.5, 0.6) is 0 Å². The molecule has 1 heterocycles. The third-order valence-electron chi connectivity index (χ3n) is 2.27. The van der Waals surface area contributed by atoms with Crippen molar-refractivity contribution in [2.45, 2.75) is 19.4 Å². The second kappa shape index (κ2) is 4.13. The first kappa shape index (κ1) is 10.6. The Morgan fingerprint density at radius 3 is 2.79 bits per heavy atom. The summed E-state index contributed by atoms with van der Waals surface area (Å²) >= 11 is 0. The van der Waals surface area contributed by atoms with E-state index in [0.717, 1.165) is 0 Å². The summed E-state index contributed by atoms with van der Waals surface area (Å²) in [5.41, 5.74) is 0.410. The topological polar surface area (TPSA) is 66.8 Å². The van der Waals surface area contributed by atoms with E-state index in [9.17, 15) is 9.59 Å². The average molecular weight is 199 g/mol. The van der Waals surface area contributed by atoms with E-state index in [-0.39, 0.29) is 12.6 Å². The lowest BCUT2D eigenvalue weighted by atomic mass is 10.0. The van der Waals surface area contributed by atoms with Crippen molar-refractivity contribution in [3.8, 4) is 0 Å². The molecule has 0 spiro atoms. The van der Waals surface area contributed by atoms with E-state index in [1.165, 1.54) is 12.0 Å². The largest absolute Gasteiger partial charge is 0.466 e. The molecule has 0 aromatic carbocycles. The summed E-state index contributed by atoms with van der Waals surface area (Å²) in [6.07, 6.45) is 1.28. The zero-order valence-corrected chi connectivity index (χ0v) is 8.19. The van der Waals surface area contributed by atoms with Gasteiger partial charge >= 0.3 is 12.1 Å². The quantitative estimate of drug-likeness (QED) is 0.636. The number of hydrogen-bond donors (Lipinski definition) is 1. The molecule has 1 aliphatic rings. The minimum absolute atomic E-state index is 0.0825. The minimum atomic E-state index is -1.01. The standard InChI is InChI=1S/C9H13NO4/c1-6-3-4-7(8(11)14-2)5-10(6)9(12)13/h4,6H,3,5H2,1-2H3,(H,12,13)/t6-/m0/s1. The number of rotatable bonds is 1. The van der Waals surface area contributed by atoms with Crippen molar-refractivity contribution in [3.63, 3.8) is 0 Å². The predicted octanol–water partition coefficient (Wildman–Crippen LogP) is 0.858. The van der Waals surface area contributed by atoms with Crippen LogP contribution in [-0.4, -0.2) is 41.8 Å². The van der Waals surface area contributed by atoms with Crippen molar-refractivity contribution < 1.29 is 19.4 Å². The van der Waals surface area contributed by atoms with Gasteiger partial charge < -0.3 is 14.7 Å². The lowest BCUT2D eigenvalue weighted by Gasteiger charge is -2.29. The van der Waals surface area contributed by atoms with E-state index < -0.39 is 12.1 Å². The van der Waals surface area contributed by atoms with E-state index in [0.29, 0.717) is 12.0 Å². The Morgan fingerprint density at radius 1 is 1.64 bits per heavy atom. The van der Waals surface area contributed by atoms with Crippen molar-refractivity contribution >= 4 is 12.1 Å². The fraction of sp³-hybridized carbons (Fsp3) is 0.556. The summed E-state index contributed by atoms with van der Waals surface area (Å²) in [6.45, 7) is 1.92. The molecule has 0 radical (unpaired) electrons. The van der Waals surface area contributed by atoms with Crippen molar-refractivity contribution in [1.82, 2.24) is 4.90 Å². The van der Waals surface area contributed by atoms with Gasteiger partial charge in [0.2, 0.25) is 0 Å². The summed E-state index contributed by atoms with van der Waals surface area (Å²) in [6, 6.07) is -0.0825. The zero-order chi connectivity index (χ0) is 10.7. The number of hydrogen-bond acceptors (Lipinski definition) is 3. The van der Waals surface area contributed by atoms with Gasteiger partial charge in [0.05, 0.1) is 19.2 Å². The van der Waals surface area contributed by atoms with Gasteiger partial charge in [0.15, 0.2) is 0 Å². The molecule has 14 heavy (non-hydrogen) atoms. The van der Waals surface area contributed by atoms with Gasteiger partial charge in [-0.1, -0.05) is 6.08 Å². The normalized spacial score (nSPS) is 21.4. The maximum atomic E-state index is 11.1. The molecule has 0 unspecified atom stereocenters. The number of amides is 1. The number of methoxy groups -OCH3 is 1. The molecule has 0 bridgehead atoms. The van der Waals surface area contributed by atoms with E-state index in [4.69, 9.17) is 5.11 Å². The molecule has 0 aliphatic carbocycles. The van der Waals surface area contributed by atoms with Gasteiger partial charge in [-0.3, -0.25) is 0 Å². The lowest BCUT2D eigenvalue weighted by Crippen LogP contribution is -2.42. The Labute approximate surface area is 82.0 Å². The van der Waals surface area contributed by atoms with Crippen molar-refractivity contribution in [2.24, 2.45) is 0 Å². The van der Waals surface area contributed by atoms with Crippen LogP contribution >= 0.6 is 0 Å². The molecule has 0 aromatic rings. The summed E-state index contributed by atoms with van der Waals surface area (Å²) in [5.74, 6) is -0.455. The minimum Gasteiger partial charge on any atom is -0.466 e. The molecule has 1 aliphatic heterocycles. The van der Waals surface area contributed by atoms with Crippen LogP contribution < -0.4 is 0 Å². The molecule has 0 aromatic heterocycles. The predicted molar refractivity (Wildman–Crippen MR) is 48.9 cm³/mol. The first-order valence-electron chi connectivity index (χ1n) is 4.33. The van der Waals surface area contributed by atoms with Crippen LogP contribution in [-0.2, 0) is 9.53 Å². The zero-order valence-electron chi connectivity index (χ0n) is 8.19.